The average molecular weight is 527 g/mol. The smallest absolute Gasteiger partial charge is 0.292 e. The van der Waals surface area contributed by atoms with Crippen molar-refractivity contribution in [2.75, 3.05) is 12.3 Å². The molecular formula is C27H30N10O2. The molecule has 0 aromatic carbocycles. The molecule has 0 saturated carbocycles. The van der Waals surface area contributed by atoms with Gasteiger partial charge in [0.15, 0.2) is 11.4 Å². The molecule has 4 aromatic rings. The molecule has 4 N–H and O–H groups in total. The number of fused-ring (bicyclic) bond motifs is 3. The van der Waals surface area contributed by atoms with Crippen LogP contribution in [0.1, 0.15) is 89.8 Å². The van der Waals surface area contributed by atoms with Crippen LogP contribution >= 0.6 is 0 Å². The fraction of sp³-hybridized carbons (Fsp3) is 0.444. The molecule has 200 valence electrons. The zero-order valence-electron chi connectivity index (χ0n) is 21.7. The number of piperidine rings is 1. The van der Waals surface area contributed by atoms with E-state index >= 15 is 0 Å². The molecule has 1 amide bonds. The number of carbonyl (C=O) groups excluding carboxylic acids is 2. The predicted molar refractivity (Wildman–Crippen MR) is 142 cm³/mol. The molecule has 4 atom stereocenters. The summed E-state index contributed by atoms with van der Waals surface area (Å²) >= 11 is 0. The van der Waals surface area contributed by atoms with Crippen molar-refractivity contribution in [2.45, 2.75) is 69.5 Å². The van der Waals surface area contributed by atoms with Crippen molar-refractivity contribution >= 4 is 23.2 Å². The number of pyridine rings is 1. The number of Topliss-reactive ketones (excluding diaryl/α,β-unsaturated/α-hetero) is 1. The van der Waals surface area contributed by atoms with Gasteiger partial charge in [0.05, 0.1) is 23.1 Å². The van der Waals surface area contributed by atoms with E-state index in [1.54, 1.807) is 10.7 Å². The van der Waals surface area contributed by atoms with E-state index in [1.165, 1.54) is 13.3 Å². The van der Waals surface area contributed by atoms with Gasteiger partial charge in [-0.1, -0.05) is 6.07 Å². The molecule has 7 rings (SSSR count). The first kappa shape index (κ1) is 23.9. The highest BCUT2D eigenvalue weighted by atomic mass is 16.2. The van der Waals surface area contributed by atoms with Gasteiger partial charge in [-0.3, -0.25) is 14.6 Å². The third-order valence-electron chi connectivity index (χ3n) is 8.55. The number of nitrogen functional groups attached to an aromatic ring is 1. The van der Waals surface area contributed by atoms with E-state index in [0.29, 0.717) is 41.6 Å². The number of anilines is 1. The van der Waals surface area contributed by atoms with Gasteiger partial charge in [0.2, 0.25) is 5.82 Å². The van der Waals surface area contributed by atoms with E-state index in [-0.39, 0.29) is 35.5 Å². The van der Waals surface area contributed by atoms with Crippen molar-refractivity contribution in [3.05, 3.63) is 53.6 Å². The molecule has 2 bridgehead atoms. The van der Waals surface area contributed by atoms with Crippen LogP contribution in [0, 0.1) is 0 Å². The van der Waals surface area contributed by atoms with Crippen LogP contribution in [-0.4, -0.2) is 70.0 Å². The van der Waals surface area contributed by atoms with Crippen molar-refractivity contribution in [3.63, 3.8) is 0 Å². The van der Waals surface area contributed by atoms with Gasteiger partial charge in [0.1, 0.15) is 12.1 Å². The lowest BCUT2D eigenvalue weighted by atomic mass is 9.85. The lowest BCUT2D eigenvalue weighted by Crippen LogP contribution is -2.46. The molecule has 12 nitrogen and oxygen atoms in total. The summed E-state index contributed by atoms with van der Waals surface area (Å²) in [5.41, 5.74) is 11.0. The van der Waals surface area contributed by atoms with E-state index in [9.17, 15) is 9.59 Å². The first-order valence-corrected chi connectivity index (χ1v) is 13.6. The molecule has 39 heavy (non-hydrogen) atoms. The minimum absolute atomic E-state index is 0.0100. The largest absolute Gasteiger partial charge is 0.383 e. The van der Waals surface area contributed by atoms with E-state index in [0.717, 1.165) is 49.0 Å². The van der Waals surface area contributed by atoms with Gasteiger partial charge < -0.3 is 20.9 Å². The van der Waals surface area contributed by atoms with Gasteiger partial charge in [-0.15, -0.1) is 10.2 Å². The number of aromatic nitrogens is 7. The highest BCUT2D eigenvalue weighted by molar-refractivity contribution is 6.00. The van der Waals surface area contributed by atoms with Gasteiger partial charge in [-0.2, -0.15) is 9.61 Å². The second-order valence-electron chi connectivity index (χ2n) is 10.8. The monoisotopic (exact) mass is 526 g/mol. The van der Waals surface area contributed by atoms with Crippen LogP contribution in [0.25, 0.3) is 16.8 Å². The number of amides is 1. The first-order valence-electron chi connectivity index (χ1n) is 13.6. The lowest BCUT2D eigenvalue weighted by molar-refractivity contribution is 0.0556. The number of carbonyl (C=O) groups is 2. The summed E-state index contributed by atoms with van der Waals surface area (Å²) in [5, 5.41) is 15.7. The molecule has 3 fully saturated rings. The van der Waals surface area contributed by atoms with Gasteiger partial charge in [0.25, 0.3) is 5.91 Å². The lowest BCUT2D eigenvalue weighted by Gasteiger charge is -2.38. The number of hydrogen-bond acceptors (Lipinski definition) is 9. The third-order valence-corrected chi connectivity index (χ3v) is 8.55. The first-order chi connectivity index (χ1) is 19.0. The van der Waals surface area contributed by atoms with E-state index in [1.807, 2.05) is 17.2 Å². The topological polar surface area (TPSA) is 160 Å². The van der Waals surface area contributed by atoms with Crippen molar-refractivity contribution < 1.29 is 9.59 Å². The van der Waals surface area contributed by atoms with Crippen LogP contribution in [0.2, 0.25) is 0 Å². The maximum absolute atomic E-state index is 13.1. The Morgan fingerprint density at radius 3 is 2.56 bits per heavy atom. The standard InChI is InChI=1S/C27H30N10O2/c1-14(38)22-23(16-9-17-5-6-18(10-16)36(17)27(39)25-31-13-32-35-25)34-26-19(12-33-37(26)24(22)28)15-4-7-21(30-11-15)20-3-2-8-29-20/h4,7,11-13,16-18,20,29H,2-3,5-6,8-10,28H2,1H3,(H,31,32,35)/t16-,17-,18+,20?. The molecule has 3 saturated heterocycles. The second kappa shape index (κ2) is 9.23. The summed E-state index contributed by atoms with van der Waals surface area (Å²) < 4.78 is 1.55. The minimum atomic E-state index is -0.142. The summed E-state index contributed by atoms with van der Waals surface area (Å²) in [7, 11) is 0. The Bertz CT molecular complexity index is 1540. The van der Waals surface area contributed by atoms with E-state index < -0.39 is 0 Å². The molecule has 3 aliphatic heterocycles. The van der Waals surface area contributed by atoms with Gasteiger partial charge in [-0.05, 0) is 58.1 Å². The second-order valence-corrected chi connectivity index (χ2v) is 10.8. The van der Waals surface area contributed by atoms with Gasteiger partial charge in [-0.25, -0.2) is 4.98 Å². The summed E-state index contributed by atoms with van der Waals surface area (Å²) in [6.07, 6.45) is 10.5. The maximum atomic E-state index is 13.1. The van der Waals surface area contributed by atoms with Crippen molar-refractivity contribution in [2.24, 2.45) is 0 Å². The predicted octanol–water partition coefficient (Wildman–Crippen LogP) is 2.67. The van der Waals surface area contributed by atoms with Crippen molar-refractivity contribution in [1.29, 1.82) is 0 Å². The Balaban J connectivity index is 1.25. The number of ketones is 1. The normalized spacial score (nSPS) is 24.5. The summed E-state index contributed by atoms with van der Waals surface area (Å²) in [6, 6.07) is 4.46. The Morgan fingerprint density at radius 1 is 1.10 bits per heavy atom. The van der Waals surface area contributed by atoms with Crippen LogP contribution in [0.4, 0.5) is 5.82 Å². The van der Waals surface area contributed by atoms with Crippen molar-refractivity contribution in [1.82, 2.24) is 45.0 Å². The highest BCUT2D eigenvalue weighted by Crippen LogP contribution is 2.45. The summed E-state index contributed by atoms with van der Waals surface area (Å²) in [5.74, 6) is 0.266. The number of nitrogens with zero attached hydrogens (tertiary/aromatic N) is 7. The molecule has 12 heteroatoms. The Hall–Kier alpha value is -4.19. The molecule has 4 aromatic heterocycles. The number of nitrogens with one attached hydrogen (secondary N) is 2. The fourth-order valence-corrected chi connectivity index (χ4v) is 6.76. The van der Waals surface area contributed by atoms with Crippen molar-refractivity contribution in [3.8, 4) is 11.1 Å². The zero-order chi connectivity index (χ0) is 26.7. The number of H-pyrrole nitrogens is 1. The number of hydrogen-bond donors (Lipinski definition) is 3. The number of aromatic amines is 1. The van der Waals surface area contributed by atoms with E-state index in [4.69, 9.17) is 15.7 Å². The molecule has 0 aliphatic carbocycles. The minimum Gasteiger partial charge on any atom is -0.383 e. The number of nitrogens with two attached hydrogens (primary N) is 1. The van der Waals surface area contributed by atoms with Gasteiger partial charge in [0, 0.05) is 41.4 Å². The van der Waals surface area contributed by atoms with Crippen LogP contribution in [-0.2, 0) is 0 Å². The van der Waals surface area contributed by atoms with Crippen LogP contribution in [0.3, 0.4) is 0 Å². The van der Waals surface area contributed by atoms with E-state index in [2.05, 4.69) is 31.7 Å². The zero-order valence-corrected chi connectivity index (χ0v) is 21.7. The molecule has 3 aliphatic rings. The Morgan fingerprint density at radius 2 is 1.92 bits per heavy atom. The summed E-state index contributed by atoms with van der Waals surface area (Å²) in [4.78, 5) is 40.5. The molecule has 7 heterocycles. The maximum Gasteiger partial charge on any atom is 0.292 e. The van der Waals surface area contributed by atoms with Crippen LogP contribution < -0.4 is 11.1 Å². The van der Waals surface area contributed by atoms with Crippen LogP contribution in [0.5, 0.6) is 0 Å². The number of rotatable bonds is 5. The Kier molecular flexibility index (Phi) is 5.65. The molecular weight excluding hydrogens is 496 g/mol. The average Bonchev–Trinajstić information content (AvgIpc) is 3.75. The Labute approximate surface area is 224 Å². The van der Waals surface area contributed by atoms with Crippen LogP contribution in [0.15, 0.2) is 30.9 Å². The summed E-state index contributed by atoms with van der Waals surface area (Å²) in [6.45, 7) is 2.53. The molecule has 1 unspecified atom stereocenters. The highest BCUT2D eigenvalue weighted by Gasteiger charge is 2.45. The third kappa shape index (κ3) is 3.89. The fourth-order valence-electron chi connectivity index (χ4n) is 6.76. The van der Waals surface area contributed by atoms with Gasteiger partial charge >= 0.3 is 0 Å². The SMILES string of the molecule is CC(=O)c1c([C@@H]2C[C@H]3CC[C@@H](C2)N3C(=O)c2nnc[nH]2)nc2c(-c3ccc(C4CCCN4)nc3)cnn2c1N. The molecule has 0 radical (unpaired) electrons. The quantitative estimate of drug-likeness (QED) is 0.332. The molecule has 0 spiro atoms.